The van der Waals surface area contributed by atoms with Crippen LogP contribution in [0.5, 0.6) is 0 Å². The molecule has 0 aliphatic rings. The van der Waals surface area contributed by atoms with Crippen molar-refractivity contribution in [3.63, 3.8) is 0 Å². The van der Waals surface area contributed by atoms with Gasteiger partial charge in [-0.15, -0.1) is 0 Å². The van der Waals surface area contributed by atoms with Crippen molar-refractivity contribution < 1.29 is 4.79 Å². The second-order valence-electron chi connectivity index (χ2n) is 4.89. The van der Waals surface area contributed by atoms with Crippen LogP contribution in [0.15, 0.2) is 58.9 Å². The zero-order chi connectivity index (χ0) is 16.9. The van der Waals surface area contributed by atoms with Crippen LogP contribution < -0.4 is 5.32 Å². The highest BCUT2D eigenvalue weighted by atomic mass is 35.5. The number of nitrogens with zero attached hydrogens (tertiary/aromatic N) is 1. The number of nitrogens with one attached hydrogen (secondary N) is 1. The number of amides is 1. The van der Waals surface area contributed by atoms with Crippen molar-refractivity contribution in [3.05, 3.63) is 65.2 Å². The maximum absolute atomic E-state index is 12.6. The van der Waals surface area contributed by atoms with Gasteiger partial charge in [-0.3, -0.25) is 4.79 Å². The van der Waals surface area contributed by atoms with Gasteiger partial charge in [0.2, 0.25) is 0 Å². The molecule has 0 fully saturated rings. The van der Waals surface area contributed by atoms with Crippen molar-refractivity contribution in [2.24, 2.45) is 0 Å². The minimum atomic E-state index is -0.227. The lowest BCUT2D eigenvalue weighted by molar-refractivity contribution is 0.102. The Bertz CT molecular complexity index is 849. The van der Waals surface area contributed by atoms with Crippen molar-refractivity contribution in [3.8, 4) is 11.3 Å². The smallest absolute Gasteiger partial charge is 0.257 e. The molecule has 0 bridgehead atoms. The molecule has 0 spiro atoms. The van der Waals surface area contributed by atoms with Gasteiger partial charge in [0.25, 0.3) is 5.91 Å². The zero-order valence-corrected chi connectivity index (χ0v) is 15.3. The van der Waals surface area contributed by atoms with E-state index in [1.165, 1.54) is 11.3 Å². The maximum atomic E-state index is 12.6. The summed E-state index contributed by atoms with van der Waals surface area (Å²) in [5.74, 6) is 0.703. The lowest BCUT2D eigenvalue weighted by Gasteiger charge is -2.06. The zero-order valence-electron chi connectivity index (χ0n) is 13.0. The van der Waals surface area contributed by atoms with Crippen molar-refractivity contribution in [1.82, 2.24) is 4.98 Å². The number of anilines is 1. The lowest BCUT2D eigenvalue weighted by Crippen LogP contribution is -2.12. The Hall–Kier alpha value is -1.82. The quantitative estimate of drug-likeness (QED) is 0.571. The third kappa shape index (κ3) is 3.80. The molecular formula is C18H15ClN2OS2. The number of halogens is 1. The molecule has 0 atom stereocenters. The largest absolute Gasteiger partial charge is 0.312 e. The maximum Gasteiger partial charge on any atom is 0.257 e. The summed E-state index contributed by atoms with van der Waals surface area (Å²) in [4.78, 5) is 17.2. The Morgan fingerprint density at radius 2 is 1.88 bits per heavy atom. The molecule has 0 radical (unpaired) electrons. The average Bonchev–Trinajstić information content (AvgIpc) is 2.99. The normalized spacial score (nSPS) is 10.6. The number of carbonyl (C=O) groups excluding carboxylic acids is 1. The monoisotopic (exact) mass is 374 g/mol. The molecule has 24 heavy (non-hydrogen) atoms. The third-order valence-corrected chi connectivity index (χ3v) is 5.59. The summed E-state index contributed by atoms with van der Waals surface area (Å²) in [7, 11) is 0. The molecule has 1 aromatic heterocycles. The minimum Gasteiger partial charge on any atom is -0.312 e. The first-order chi connectivity index (χ1) is 11.7. The van der Waals surface area contributed by atoms with E-state index in [9.17, 15) is 4.79 Å². The number of aromatic nitrogens is 1. The molecule has 0 aliphatic carbocycles. The summed E-state index contributed by atoms with van der Waals surface area (Å²) in [6, 6.07) is 16.9. The van der Waals surface area contributed by atoms with Gasteiger partial charge in [0.15, 0.2) is 4.34 Å². The molecule has 122 valence electrons. The average molecular weight is 375 g/mol. The van der Waals surface area contributed by atoms with Crippen LogP contribution in [-0.2, 0) is 0 Å². The van der Waals surface area contributed by atoms with Crippen molar-refractivity contribution in [2.75, 3.05) is 11.1 Å². The van der Waals surface area contributed by atoms with Gasteiger partial charge < -0.3 is 5.32 Å². The minimum absolute atomic E-state index is 0.227. The van der Waals surface area contributed by atoms with Gasteiger partial charge in [0, 0.05) is 5.56 Å². The Morgan fingerprint density at radius 3 is 2.58 bits per heavy atom. The molecule has 0 unspecified atom stereocenters. The van der Waals surface area contributed by atoms with Gasteiger partial charge in [-0.25, -0.2) is 4.98 Å². The van der Waals surface area contributed by atoms with Crippen molar-refractivity contribution in [1.29, 1.82) is 0 Å². The first-order valence-electron chi connectivity index (χ1n) is 7.44. The highest BCUT2D eigenvalue weighted by molar-refractivity contribution is 8.01. The summed E-state index contributed by atoms with van der Waals surface area (Å²) < 4.78 is 0.936. The van der Waals surface area contributed by atoms with E-state index in [1.807, 2.05) is 30.3 Å². The number of benzene rings is 2. The summed E-state index contributed by atoms with van der Waals surface area (Å²) in [6.07, 6.45) is 0. The van der Waals surface area contributed by atoms with Gasteiger partial charge in [0.1, 0.15) is 10.7 Å². The van der Waals surface area contributed by atoms with Crippen molar-refractivity contribution >= 4 is 45.6 Å². The van der Waals surface area contributed by atoms with Crippen LogP contribution in [-0.4, -0.2) is 16.6 Å². The molecule has 0 saturated carbocycles. The van der Waals surface area contributed by atoms with E-state index in [0.717, 1.165) is 26.4 Å². The predicted octanol–water partition coefficient (Wildman–Crippen LogP) is 5.83. The Balaban J connectivity index is 1.95. The number of thiazole rings is 1. The topological polar surface area (TPSA) is 42.0 Å². The fraction of sp³-hybridized carbons (Fsp3) is 0.111. The molecule has 6 heteroatoms. The molecule has 0 aliphatic heterocycles. The Labute approximate surface area is 154 Å². The summed E-state index contributed by atoms with van der Waals surface area (Å²) in [5, 5.41) is 4.14. The fourth-order valence-corrected chi connectivity index (χ4v) is 4.36. The second kappa shape index (κ2) is 7.83. The van der Waals surface area contributed by atoms with Crippen molar-refractivity contribution in [2.45, 2.75) is 11.3 Å². The third-order valence-electron chi connectivity index (χ3n) is 3.27. The van der Waals surface area contributed by atoms with E-state index in [-0.39, 0.29) is 5.91 Å². The Kier molecular flexibility index (Phi) is 5.56. The van der Waals surface area contributed by atoms with Gasteiger partial charge >= 0.3 is 0 Å². The number of carbonyl (C=O) groups is 1. The molecule has 0 saturated heterocycles. The SMILES string of the molecule is CCSc1nc(-c2ccccc2)c(NC(=O)c2ccccc2Cl)s1. The van der Waals surface area contributed by atoms with E-state index in [0.29, 0.717) is 10.6 Å². The molecular weight excluding hydrogens is 360 g/mol. The lowest BCUT2D eigenvalue weighted by atomic mass is 10.1. The molecule has 1 heterocycles. The summed E-state index contributed by atoms with van der Waals surface area (Å²) in [5.41, 5.74) is 2.22. The van der Waals surface area contributed by atoms with E-state index in [2.05, 4.69) is 17.2 Å². The van der Waals surface area contributed by atoms with E-state index in [1.54, 1.807) is 36.0 Å². The molecule has 2 aromatic carbocycles. The van der Waals surface area contributed by atoms with Gasteiger partial charge in [-0.1, -0.05) is 84.1 Å². The first kappa shape index (κ1) is 17.0. The number of hydrogen-bond acceptors (Lipinski definition) is 4. The molecule has 3 aromatic rings. The van der Waals surface area contributed by atoms with Gasteiger partial charge in [-0.2, -0.15) is 0 Å². The van der Waals surface area contributed by atoms with E-state index in [4.69, 9.17) is 11.6 Å². The molecule has 3 nitrogen and oxygen atoms in total. The van der Waals surface area contributed by atoms with E-state index >= 15 is 0 Å². The first-order valence-corrected chi connectivity index (χ1v) is 9.62. The molecule has 1 N–H and O–H groups in total. The highest BCUT2D eigenvalue weighted by Gasteiger charge is 2.17. The summed E-state index contributed by atoms with van der Waals surface area (Å²) in [6.45, 7) is 2.08. The second-order valence-corrected chi connectivity index (χ2v) is 7.81. The van der Waals surface area contributed by atoms with Crippen LogP contribution in [0.1, 0.15) is 17.3 Å². The van der Waals surface area contributed by atoms with Crippen LogP contribution in [0, 0.1) is 0 Å². The standard InChI is InChI=1S/C18H15ClN2OS2/c1-2-23-18-20-15(12-8-4-3-5-9-12)17(24-18)21-16(22)13-10-6-7-11-14(13)19/h3-11H,2H2,1H3,(H,21,22). The Morgan fingerprint density at radius 1 is 1.17 bits per heavy atom. The summed E-state index contributed by atoms with van der Waals surface area (Å²) >= 11 is 9.27. The number of rotatable bonds is 5. The van der Waals surface area contributed by atoms with Crippen LogP contribution in [0.4, 0.5) is 5.00 Å². The van der Waals surface area contributed by atoms with Crippen LogP contribution in [0.2, 0.25) is 5.02 Å². The fourth-order valence-electron chi connectivity index (χ4n) is 2.18. The number of hydrogen-bond donors (Lipinski definition) is 1. The van der Waals surface area contributed by atoms with Crippen LogP contribution in [0.3, 0.4) is 0 Å². The van der Waals surface area contributed by atoms with Crippen LogP contribution >= 0.6 is 34.7 Å². The van der Waals surface area contributed by atoms with Gasteiger partial charge in [-0.05, 0) is 17.9 Å². The molecule has 1 amide bonds. The van der Waals surface area contributed by atoms with Crippen LogP contribution in [0.25, 0.3) is 11.3 Å². The van der Waals surface area contributed by atoms with E-state index < -0.39 is 0 Å². The van der Waals surface area contributed by atoms with Gasteiger partial charge in [0.05, 0.1) is 10.6 Å². The predicted molar refractivity (Wildman–Crippen MR) is 103 cm³/mol. The highest BCUT2D eigenvalue weighted by Crippen LogP contribution is 2.37. The molecule has 3 rings (SSSR count). The number of thioether (sulfide) groups is 1.